The van der Waals surface area contributed by atoms with Gasteiger partial charge in [0.15, 0.2) is 0 Å². The number of nitrogens with one attached hydrogen (secondary N) is 2. The average Bonchev–Trinajstić information content (AvgIpc) is 3.40. The highest BCUT2D eigenvalue weighted by Crippen LogP contribution is 2.29. The summed E-state index contributed by atoms with van der Waals surface area (Å²) < 4.78 is 14.1. The minimum absolute atomic E-state index is 0.0896. The predicted molar refractivity (Wildman–Crippen MR) is 107 cm³/mol. The molecule has 0 unspecified atom stereocenters. The summed E-state index contributed by atoms with van der Waals surface area (Å²) in [6, 6.07) is 11.6. The third kappa shape index (κ3) is 4.17. The lowest BCUT2D eigenvalue weighted by Gasteiger charge is -2.39. The van der Waals surface area contributed by atoms with E-state index in [-0.39, 0.29) is 29.7 Å². The molecule has 2 fully saturated rings. The van der Waals surface area contributed by atoms with Crippen LogP contribution in [0.5, 0.6) is 0 Å². The summed E-state index contributed by atoms with van der Waals surface area (Å²) in [5, 5.41) is 5.36. The lowest BCUT2D eigenvalue weighted by Crippen LogP contribution is -3.16. The first-order chi connectivity index (χ1) is 13.1. The number of para-hydroxylation sites is 1. The highest BCUT2D eigenvalue weighted by molar-refractivity contribution is 7.10. The van der Waals surface area contributed by atoms with Crippen molar-refractivity contribution >= 4 is 22.9 Å². The smallest absolute Gasteiger partial charge is 0.223 e. The van der Waals surface area contributed by atoms with Gasteiger partial charge in [0.2, 0.25) is 5.91 Å². The number of quaternary nitrogens is 1. The van der Waals surface area contributed by atoms with Crippen LogP contribution in [-0.4, -0.2) is 38.1 Å². The Hall–Kier alpha value is -1.92. The molecule has 6 heteroatoms. The van der Waals surface area contributed by atoms with Crippen LogP contribution in [0.25, 0.3) is 0 Å². The van der Waals surface area contributed by atoms with Crippen molar-refractivity contribution in [2.45, 2.75) is 31.8 Å². The van der Waals surface area contributed by atoms with Crippen LogP contribution >= 0.6 is 11.3 Å². The van der Waals surface area contributed by atoms with Crippen molar-refractivity contribution in [3.8, 4) is 0 Å². The quantitative estimate of drug-likeness (QED) is 0.796. The highest BCUT2D eigenvalue weighted by Gasteiger charge is 2.37. The Kier molecular flexibility index (Phi) is 5.45. The molecule has 2 aliphatic rings. The maximum Gasteiger partial charge on any atom is 0.223 e. The molecule has 2 aromatic rings. The number of amides is 1. The Bertz CT molecular complexity index is 769. The molecule has 2 N–H and O–H groups in total. The van der Waals surface area contributed by atoms with Crippen molar-refractivity contribution in [3.63, 3.8) is 0 Å². The van der Waals surface area contributed by atoms with Crippen molar-refractivity contribution in [1.82, 2.24) is 5.32 Å². The largest absolute Gasteiger partial charge is 0.358 e. The van der Waals surface area contributed by atoms with Crippen molar-refractivity contribution in [1.29, 1.82) is 0 Å². The number of piperazine rings is 1. The Morgan fingerprint density at radius 1 is 1.22 bits per heavy atom. The highest BCUT2D eigenvalue weighted by atomic mass is 32.1. The summed E-state index contributed by atoms with van der Waals surface area (Å²) in [6.07, 6.45) is 2.05. The summed E-state index contributed by atoms with van der Waals surface area (Å²) in [7, 11) is 0. The average molecular weight is 389 g/mol. The van der Waals surface area contributed by atoms with Gasteiger partial charge in [-0.05, 0) is 43.3 Å². The topological polar surface area (TPSA) is 36.8 Å². The molecule has 4 nitrogen and oxygen atoms in total. The van der Waals surface area contributed by atoms with Crippen LogP contribution in [0.4, 0.5) is 10.1 Å². The third-order valence-electron chi connectivity index (χ3n) is 5.71. The molecule has 1 amide bonds. The van der Waals surface area contributed by atoms with Crippen LogP contribution < -0.4 is 15.1 Å². The molecule has 2 atom stereocenters. The van der Waals surface area contributed by atoms with E-state index in [1.54, 1.807) is 17.4 Å². The van der Waals surface area contributed by atoms with E-state index in [9.17, 15) is 9.18 Å². The number of carbonyl (C=O) groups excluding carboxylic acids is 1. The normalized spacial score (nSPS) is 20.3. The molecule has 1 aliphatic heterocycles. The summed E-state index contributed by atoms with van der Waals surface area (Å²) >= 11 is 1.76. The van der Waals surface area contributed by atoms with Crippen molar-refractivity contribution in [3.05, 3.63) is 52.5 Å². The molecule has 1 aromatic heterocycles. The molecule has 27 heavy (non-hydrogen) atoms. The van der Waals surface area contributed by atoms with Crippen LogP contribution in [0.15, 0.2) is 41.8 Å². The van der Waals surface area contributed by atoms with Gasteiger partial charge in [-0.3, -0.25) is 4.79 Å². The zero-order valence-electron chi connectivity index (χ0n) is 15.7. The van der Waals surface area contributed by atoms with Gasteiger partial charge in [0.1, 0.15) is 11.9 Å². The van der Waals surface area contributed by atoms with Crippen LogP contribution in [0.1, 0.15) is 30.7 Å². The summed E-state index contributed by atoms with van der Waals surface area (Å²) in [5.41, 5.74) is 0.694. The Balaban J connectivity index is 1.45. The molecule has 4 rings (SSSR count). The van der Waals surface area contributed by atoms with E-state index in [1.807, 2.05) is 12.1 Å². The summed E-state index contributed by atoms with van der Waals surface area (Å²) in [4.78, 5) is 17.2. The number of hydrogen-bond donors (Lipinski definition) is 2. The van der Waals surface area contributed by atoms with E-state index < -0.39 is 0 Å². The molecule has 0 bridgehead atoms. The second-order valence-electron chi connectivity index (χ2n) is 7.66. The number of rotatable bonds is 6. The van der Waals surface area contributed by atoms with E-state index in [0.717, 1.165) is 39.0 Å². The fourth-order valence-corrected chi connectivity index (χ4v) is 5.08. The molecule has 1 aromatic carbocycles. The number of halogens is 1. The van der Waals surface area contributed by atoms with Gasteiger partial charge >= 0.3 is 0 Å². The first kappa shape index (κ1) is 18.4. The molecule has 1 saturated heterocycles. The number of nitrogens with zero attached hydrogens (tertiary/aromatic N) is 1. The fraction of sp³-hybridized carbons (Fsp3) is 0.476. The third-order valence-corrected chi connectivity index (χ3v) is 6.66. The SMILES string of the molecule is C[C@H](NC(=O)C1CC1)[C@H](c1cccs1)[NH+]1CCN(c2ccccc2F)CC1. The van der Waals surface area contributed by atoms with Crippen molar-refractivity contribution < 1.29 is 14.1 Å². The summed E-state index contributed by atoms with van der Waals surface area (Å²) in [5.74, 6) is 0.276. The first-order valence-electron chi connectivity index (χ1n) is 9.81. The molecule has 1 saturated carbocycles. The van der Waals surface area contributed by atoms with Gasteiger partial charge in [-0.25, -0.2) is 4.39 Å². The van der Waals surface area contributed by atoms with Gasteiger partial charge in [0, 0.05) is 5.92 Å². The fourth-order valence-electron chi connectivity index (χ4n) is 4.09. The Morgan fingerprint density at radius 2 is 1.96 bits per heavy atom. The van der Waals surface area contributed by atoms with Gasteiger partial charge in [0.05, 0.1) is 42.8 Å². The minimum atomic E-state index is -0.152. The molecule has 2 heterocycles. The van der Waals surface area contributed by atoms with Crippen LogP contribution in [0, 0.1) is 11.7 Å². The molecule has 144 valence electrons. The predicted octanol–water partition coefficient (Wildman–Crippen LogP) is 2.25. The van der Waals surface area contributed by atoms with Gasteiger partial charge < -0.3 is 15.1 Å². The van der Waals surface area contributed by atoms with Gasteiger partial charge in [0.25, 0.3) is 0 Å². The van der Waals surface area contributed by atoms with Crippen molar-refractivity contribution in [2.75, 3.05) is 31.1 Å². The molecular weight excluding hydrogens is 361 g/mol. The molecular formula is C21H27FN3OS+. The first-order valence-corrected chi connectivity index (χ1v) is 10.7. The van der Waals surface area contributed by atoms with E-state index in [2.05, 4.69) is 34.7 Å². The second kappa shape index (κ2) is 7.98. The number of thiophene rings is 1. The Labute approximate surface area is 164 Å². The maximum absolute atomic E-state index is 14.1. The lowest BCUT2D eigenvalue weighted by molar-refractivity contribution is -0.933. The number of hydrogen-bond acceptors (Lipinski definition) is 3. The number of anilines is 1. The van der Waals surface area contributed by atoms with E-state index in [1.165, 1.54) is 15.8 Å². The standard InChI is InChI=1S/C21H26FN3OS/c1-15(23-21(26)16-8-9-16)20(19-7-4-14-27-19)25-12-10-24(11-13-25)18-6-3-2-5-17(18)22/h2-7,14-16,20H,8-13H2,1H3,(H,23,26)/p+1/t15-,20+/m0/s1. The van der Waals surface area contributed by atoms with Crippen LogP contribution in [0.3, 0.4) is 0 Å². The van der Waals surface area contributed by atoms with Crippen LogP contribution in [0.2, 0.25) is 0 Å². The van der Waals surface area contributed by atoms with Crippen LogP contribution in [-0.2, 0) is 4.79 Å². The van der Waals surface area contributed by atoms with Gasteiger partial charge in [-0.1, -0.05) is 18.2 Å². The lowest BCUT2D eigenvalue weighted by atomic mass is 10.0. The monoisotopic (exact) mass is 388 g/mol. The van der Waals surface area contributed by atoms with E-state index >= 15 is 0 Å². The number of benzene rings is 1. The number of carbonyl (C=O) groups is 1. The zero-order chi connectivity index (χ0) is 18.8. The maximum atomic E-state index is 14.1. The second-order valence-corrected chi connectivity index (χ2v) is 8.64. The summed E-state index contributed by atoms with van der Waals surface area (Å²) in [6.45, 7) is 5.63. The van der Waals surface area contributed by atoms with E-state index in [4.69, 9.17) is 0 Å². The van der Waals surface area contributed by atoms with E-state index in [0.29, 0.717) is 5.69 Å². The molecule has 1 aliphatic carbocycles. The minimum Gasteiger partial charge on any atom is -0.358 e. The van der Waals surface area contributed by atoms with Crippen molar-refractivity contribution in [2.24, 2.45) is 5.92 Å². The van der Waals surface area contributed by atoms with Gasteiger partial charge in [-0.15, -0.1) is 11.3 Å². The zero-order valence-corrected chi connectivity index (χ0v) is 16.5. The molecule has 0 radical (unpaired) electrons. The Morgan fingerprint density at radius 3 is 2.59 bits per heavy atom. The molecule has 0 spiro atoms. The van der Waals surface area contributed by atoms with Gasteiger partial charge in [-0.2, -0.15) is 0 Å².